The van der Waals surface area contributed by atoms with Gasteiger partial charge in [0.2, 0.25) is 5.91 Å². The molecule has 142 valence electrons. The van der Waals surface area contributed by atoms with Gasteiger partial charge in [-0.3, -0.25) is 4.79 Å². The number of carbonyl (C=O) groups is 2. The Morgan fingerprint density at radius 3 is 2.33 bits per heavy atom. The number of hydrogen-bond acceptors (Lipinski definition) is 5. The summed E-state index contributed by atoms with van der Waals surface area (Å²) in [5.41, 5.74) is 7.85. The third kappa shape index (κ3) is 5.72. The molecule has 7 heteroatoms. The van der Waals surface area contributed by atoms with Gasteiger partial charge in [-0.1, -0.05) is 12.1 Å². The molecule has 1 aliphatic heterocycles. The van der Waals surface area contributed by atoms with E-state index in [1.807, 2.05) is 36.4 Å². The van der Waals surface area contributed by atoms with Crippen molar-refractivity contribution in [3.8, 4) is 5.75 Å². The average molecular weight is 369 g/mol. The highest BCUT2D eigenvalue weighted by molar-refractivity contribution is 5.91. The van der Waals surface area contributed by atoms with Gasteiger partial charge < -0.3 is 25.4 Å². The lowest BCUT2D eigenvalue weighted by Crippen LogP contribution is -2.36. The molecule has 1 aliphatic rings. The van der Waals surface area contributed by atoms with Gasteiger partial charge in [-0.25, -0.2) is 4.79 Å². The number of nitrogens with zero attached hydrogens (tertiary/aromatic N) is 1. The zero-order chi connectivity index (χ0) is 19.1. The zero-order valence-electron chi connectivity index (χ0n) is 15.0. The molecule has 0 radical (unpaired) electrons. The maximum atomic E-state index is 12.2. The second-order valence-electron chi connectivity index (χ2n) is 6.26. The van der Waals surface area contributed by atoms with Crippen molar-refractivity contribution in [3.63, 3.8) is 0 Å². The summed E-state index contributed by atoms with van der Waals surface area (Å²) < 4.78 is 10.1. The maximum absolute atomic E-state index is 12.2. The highest BCUT2D eigenvalue weighted by atomic mass is 16.5. The summed E-state index contributed by atoms with van der Waals surface area (Å²) in [5.74, 6) is 0.336. The minimum absolute atomic E-state index is 0.0495. The number of ether oxygens (including phenoxy) is 2. The smallest absolute Gasteiger partial charge is 0.409 e. The third-order valence-electron chi connectivity index (χ3n) is 4.31. The molecule has 3 rings (SSSR count). The first-order valence-electron chi connectivity index (χ1n) is 8.89. The SMILES string of the molecule is NC(=O)Oc1ccc(CCC(=O)Nc2ccc(N3CCOCC3)cc2)cc1. The van der Waals surface area contributed by atoms with E-state index in [0.717, 1.165) is 43.2 Å². The molecule has 0 atom stereocenters. The molecule has 0 spiro atoms. The molecule has 1 saturated heterocycles. The van der Waals surface area contributed by atoms with E-state index < -0.39 is 6.09 Å². The number of rotatable bonds is 6. The number of nitrogens with two attached hydrogens (primary N) is 1. The number of hydrogen-bond donors (Lipinski definition) is 2. The summed E-state index contributed by atoms with van der Waals surface area (Å²) in [7, 11) is 0. The van der Waals surface area contributed by atoms with Gasteiger partial charge in [0, 0.05) is 30.9 Å². The van der Waals surface area contributed by atoms with E-state index in [1.165, 1.54) is 0 Å². The van der Waals surface area contributed by atoms with E-state index in [2.05, 4.69) is 10.2 Å². The molecule has 0 unspecified atom stereocenters. The molecule has 1 heterocycles. The maximum Gasteiger partial charge on any atom is 0.409 e. The van der Waals surface area contributed by atoms with Crippen LogP contribution in [0.15, 0.2) is 48.5 Å². The summed E-state index contributed by atoms with van der Waals surface area (Å²) in [5, 5.41) is 2.91. The first kappa shape index (κ1) is 18.7. The molecule has 0 aliphatic carbocycles. The van der Waals surface area contributed by atoms with Crippen molar-refractivity contribution in [3.05, 3.63) is 54.1 Å². The predicted octanol–water partition coefficient (Wildman–Crippen LogP) is 2.55. The van der Waals surface area contributed by atoms with Crippen LogP contribution < -0.4 is 20.7 Å². The van der Waals surface area contributed by atoms with Crippen LogP contribution in [0, 0.1) is 0 Å². The Labute approximate surface area is 158 Å². The quantitative estimate of drug-likeness (QED) is 0.816. The summed E-state index contributed by atoms with van der Waals surface area (Å²) in [6, 6.07) is 14.8. The fraction of sp³-hybridized carbons (Fsp3) is 0.300. The monoisotopic (exact) mass is 369 g/mol. The van der Waals surface area contributed by atoms with Crippen LogP contribution in [0.1, 0.15) is 12.0 Å². The second-order valence-corrected chi connectivity index (χ2v) is 6.26. The molecule has 27 heavy (non-hydrogen) atoms. The van der Waals surface area contributed by atoms with Crippen LogP contribution in [0.3, 0.4) is 0 Å². The molecule has 1 fully saturated rings. The number of primary amides is 1. The Balaban J connectivity index is 1.46. The second kappa shape index (κ2) is 9.05. The van der Waals surface area contributed by atoms with Crippen molar-refractivity contribution in [2.24, 2.45) is 5.73 Å². The Hall–Kier alpha value is -3.06. The molecular formula is C20H23N3O4. The van der Waals surface area contributed by atoms with Gasteiger partial charge in [-0.15, -0.1) is 0 Å². The summed E-state index contributed by atoms with van der Waals surface area (Å²) in [6.07, 6.45) is 0.109. The molecule has 2 aromatic carbocycles. The lowest BCUT2D eigenvalue weighted by Gasteiger charge is -2.28. The van der Waals surface area contributed by atoms with Crippen molar-refractivity contribution < 1.29 is 19.1 Å². The van der Waals surface area contributed by atoms with Crippen LogP contribution in [0.25, 0.3) is 0 Å². The van der Waals surface area contributed by atoms with Gasteiger partial charge in [0.15, 0.2) is 0 Å². The summed E-state index contributed by atoms with van der Waals surface area (Å²) in [4.78, 5) is 25.1. The topological polar surface area (TPSA) is 93.9 Å². The molecular weight excluding hydrogens is 346 g/mol. The summed E-state index contributed by atoms with van der Waals surface area (Å²) in [6.45, 7) is 3.26. The highest BCUT2D eigenvalue weighted by Gasteiger charge is 2.11. The standard InChI is InChI=1S/C20H23N3O4/c21-20(25)27-18-8-1-15(2-9-18)3-10-19(24)22-16-4-6-17(7-5-16)23-11-13-26-14-12-23/h1-2,4-9H,3,10-14H2,(H2,21,25)(H,22,24). The van der Waals surface area contributed by atoms with Gasteiger partial charge in [-0.2, -0.15) is 0 Å². The van der Waals surface area contributed by atoms with Crippen molar-refractivity contribution in [2.75, 3.05) is 36.5 Å². The van der Waals surface area contributed by atoms with Crippen LogP contribution in [0.5, 0.6) is 5.75 Å². The van der Waals surface area contributed by atoms with Crippen LogP contribution in [0.4, 0.5) is 16.2 Å². The van der Waals surface area contributed by atoms with Gasteiger partial charge >= 0.3 is 6.09 Å². The lowest BCUT2D eigenvalue weighted by molar-refractivity contribution is -0.116. The van der Waals surface area contributed by atoms with Crippen LogP contribution in [-0.4, -0.2) is 38.3 Å². The number of aryl methyl sites for hydroxylation is 1. The van der Waals surface area contributed by atoms with Crippen molar-refractivity contribution in [1.82, 2.24) is 0 Å². The minimum atomic E-state index is -0.846. The van der Waals surface area contributed by atoms with Crippen LogP contribution in [0.2, 0.25) is 0 Å². The number of anilines is 2. The Kier molecular flexibility index (Phi) is 6.27. The van der Waals surface area contributed by atoms with E-state index in [1.54, 1.807) is 12.1 Å². The molecule has 0 bridgehead atoms. The number of carbonyl (C=O) groups excluding carboxylic acids is 2. The lowest BCUT2D eigenvalue weighted by atomic mass is 10.1. The minimum Gasteiger partial charge on any atom is -0.411 e. The Bertz CT molecular complexity index is 769. The van der Waals surface area contributed by atoms with Crippen LogP contribution in [-0.2, 0) is 16.0 Å². The number of morpholine rings is 1. The molecule has 3 N–H and O–H groups in total. The Morgan fingerprint density at radius 2 is 1.70 bits per heavy atom. The van der Waals surface area contributed by atoms with Gasteiger partial charge in [-0.05, 0) is 48.4 Å². The predicted molar refractivity (Wildman–Crippen MR) is 103 cm³/mol. The van der Waals surface area contributed by atoms with Crippen molar-refractivity contribution >= 4 is 23.4 Å². The molecule has 0 aromatic heterocycles. The van der Waals surface area contributed by atoms with E-state index in [9.17, 15) is 9.59 Å². The first-order valence-corrected chi connectivity index (χ1v) is 8.89. The normalized spacial score (nSPS) is 13.9. The van der Waals surface area contributed by atoms with E-state index in [-0.39, 0.29) is 5.91 Å². The van der Waals surface area contributed by atoms with Crippen LogP contribution >= 0.6 is 0 Å². The number of benzene rings is 2. The van der Waals surface area contributed by atoms with E-state index in [4.69, 9.17) is 15.2 Å². The fourth-order valence-corrected chi connectivity index (χ4v) is 2.90. The fourth-order valence-electron chi connectivity index (χ4n) is 2.90. The van der Waals surface area contributed by atoms with Crippen molar-refractivity contribution in [2.45, 2.75) is 12.8 Å². The van der Waals surface area contributed by atoms with E-state index in [0.29, 0.717) is 18.6 Å². The summed E-state index contributed by atoms with van der Waals surface area (Å²) >= 11 is 0. The van der Waals surface area contributed by atoms with E-state index >= 15 is 0 Å². The van der Waals surface area contributed by atoms with Gasteiger partial charge in [0.25, 0.3) is 0 Å². The number of amides is 2. The number of nitrogens with one attached hydrogen (secondary N) is 1. The zero-order valence-corrected chi connectivity index (χ0v) is 15.0. The Morgan fingerprint density at radius 1 is 1.04 bits per heavy atom. The molecule has 0 saturated carbocycles. The third-order valence-corrected chi connectivity index (χ3v) is 4.31. The first-order chi connectivity index (χ1) is 13.1. The largest absolute Gasteiger partial charge is 0.411 e. The molecule has 7 nitrogen and oxygen atoms in total. The van der Waals surface area contributed by atoms with Gasteiger partial charge in [0.1, 0.15) is 5.75 Å². The highest BCUT2D eigenvalue weighted by Crippen LogP contribution is 2.19. The molecule has 2 amide bonds. The van der Waals surface area contributed by atoms with Crippen molar-refractivity contribution in [1.29, 1.82) is 0 Å². The average Bonchev–Trinajstić information content (AvgIpc) is 2.68. The molecule has 2 aromatic rings. The van der Waals surface area contributed by atoms with Gasteiger partial charge in [0.05, 0.1) is 13.2 Å².